The lowest BCUT2D eigenvalue weighted by Crippen LogP contribution is -2.05. The monoisotopic (exact) mass is 355 g/mol. The van der Waals surface area contributed by atoms with Gasteiger partial charge in [0.15, 0.2) is 5.16 Å². The number of anilines is 1. The third-order valence-corrected chi connectivity index (χ3v) is 4.99. The van der Waals surface area contributed by atoms with Gasteiger partial charge in [-0.2, -0.15) is 5.10 Å². The average molecular weight is 356 g/mol. The highest BCUT2D eigenvalue weighted by molar-refractivity contribution is 7.99. The van der Waals surface area contributed by atoms with E-state index in [1.54, 1.807) is 11.8 Å². The Bertz CT molecular complexity index is 801. The number of aromatic amines is 1. The van der Waals surface area contributed by atoms with Crippen molar-refractivity contribution in [1.82, 2.24) is 20.2 Å². The van der Waals surface area contributed by atoms with Crippen molar-refractivity contribution < 1.29 is 0 Å². The maximum absolute atomic E-state index is 4.78. The number of unbranched alkanes of at least 4 members (excludes halogenated alkanes) is 2. The maximum atomic E-state index is 4.78. The summed E-state index contributed by atoms with van der Waals surface area (Å²) in [7, 11) is 0. The molecule has 2 N–H and O–H groups in total. The highest BCUT2D eigenvalue weighted by Crippen LogP contribution is 2.29. The van der Waals surface area contributed by atoms with E-state index in [0.29, 0.717) is 0 Å². The molecule has 3 aromatic rings. The average Bonchev–Trinajstić information content (AvgIpc) is 3.16. The standard InChI is InChI=1S/C19H25N5S/c1-3-5-9-20-18-16-11-14(15-12-21-22-13-15)7-8-17(16)23-19(24-18)25-10-6-4-2/h7-8,11-13H,3-6,9-10H2,1-2H3,(H,21,22)(H,20,23,24). The van der Waals surface area contributed by atoms with Gasteiger partial charge in [-0.25, -0.2) is 9.97 Å². The van der Waals surface area contributed by atoms with Crippen molar-refractivity contribution in [1.29, 1.82) is 0 Å². The molecule has 0 aliphatic rings. The van der Waals surface area contributed by atoms with Gasteiger partial charge in [0.1, 0.15) is 5.82 Å². The number of benzene rings is 1. The van der Waals surface area contributed by atoms with Gasteiger partial charge >= 0.3 is 0 Å². The minimum atomic E-state index is 0.857. The number of fused-ring (bicyclic) bond motifs is 1. The van der Waals surface area contributed by atoms with Crippen LogP contribution < -0.4 is 5.32 Å². The van der Waals surface area contributed by atoms with Crippen LogP contribution in [0, 0.1) is 0 Å². The molecule has 0 unspecified atom stereocenters. The van der Waals surface area contributed by atoms with Crippen LogP contribution >= 0.6 is 11.8 Å². The number of nitrogens with zero attached hydrogens (tertiary/aromatic N) is 3. The van der Waals surface area contributed by atoms with E-state index >= 15 is 0 Å². The first-order chi connectivity index (χ1) is 12.3. The summed E-state index contributed by atoms with van der Waals surface area (Å²) in [5, 5.41) is 12.3. The largest absolute Gasteiger partial charge is 0.369 e. The van der Waals surface area contributed by atoms with Crippen molar-refractivity contribution in [3.8, 4) is 11.1 Å². The molecular weight excluding hydrogens is 330 g/mol. The van der Waals surface area contributed by atoms with Crippen molar-refractivity contribution in [3.63, 3.8) is 0 Å². The van der Waals surface area contributed by atoms with Gasteiger partial charge in [0.2, 0.25) is 0 Å². The van der Waals surface area contributed by atoms with Gasteiger partial charge in [0, 0.05) is 29.4 Å². The number of thioether (sulfide) groups is 1. The quantitative estimate of drug-likeness (QED) is 0.317. The summed E-state index contributed by atoms with van der Waals surface area (Å²) in [6.07, 6.45) is 8.41. The SMILES string of the molecule is CCCCNc1nc(SCCCC)nc2ccc(-c3cn[nH]c3)cc12. The van der Waals surface area contributed by atoms with Gasteiger partial charge in [-0.3, -0.25) is 5.10 Å². The molecule has 0 amide bonds. The first kappa shape index (κ1) is 17.7. The van der Waals surface area contributed by atoms with E-state index in [1.165, 1.54) is 12.8 Å². The normalized spacial score (nSPS) is 11.1. The van der Waals surface area contributed by atoms with Gasteiger partial charge in [0.05, 0.1) is 11.7 Å². The first-order valence-corrected chi connectivity index (χ1v) is 9.98. The molecule has 3 rings (SSSR count). The second-order valence-electron chi connectivity index (χ2n) is 6.06. The van der Waals surface area contributed by atoms with E-state index < -0.39 is 0 Å². The highest BCUT2D eigenvalue weighted by atomic mass is 32.2. The molecule has 0 atom stereocenters. The summed E-state index contributed by atoms with van der Waals surface area (Å²) in [6, 6.07) is 6.32. The summed E-state index contributed by atoms with van der Waals surface area (Å²) in [5.74, 6) is 1.99. The molecule has 1 aromatic carbocycles. The molecule has 0 saturated carbocycles. The van der Waals surface area contributed by atoms with E-state index in [2.05, 4.69) is 47.6 Å². The molecule has 0 spiro atoms. The third-order valence-electron chi connectivity index (χ3n) is 4.06. The van der Waals surface area contributed by atoms with Gasteiger partial charge in [-0.1, -0.05) is 44.5 Å². The molecule has 25 heavy (non-hydrogen) atoms. The van der Waals surface area contributed by atoms with Crippen LogP contribution in [0.5, 0.6) is 0 Å². The van der Waals surface area contributed by atoms with E-state index in [0.717, 1.165) is 58.1 Å². The Morgan fingerprint density at radius 2 is 1.96 bits per heavy atom. The minimum absolute atomic E-state index is 0.857. The van der Waals surface area contributed by atoms with E-state index in [1.807, 2.05) is 12.4 Å². The molecule has 0 bridgehead atoms. The molecule has 0 fully saturated rings. The molecule has 2 aromatic heterocycles. The van der Waals surface area contributed by atoms with Gasteiger partial charge in [0.25, 0.3) is 0 Å². The number of hydrogen-bond acceptors (Lipinski definition) is 5. The smallest absolute Gasteiger partial charge is 0.190 e. The third kappa shape index (κ3) is 4.51. The number of nitrogens with one attached hydrogen (secondary N) is 2. The molecule has 0 saturated heterocycles. The van der Waals surface area contributed by atoms with Gasteiger partial charge < -0.3 is 5.32 Å². The number of aromatic nitrogens is 4. The zero-order valence-corrected chi connectivity index (χ0v) is 15.7. The van der Waals surface area contributed by atoms with Crippen molar-refractivity contribution in [2.75, 3.05) is 17.6 Å². The Hall–Kier alpha value is -2.08. The van der Waals surface area contributed by atoms with Crippen LogP contribution in [-0.2, 0) is 0 Å². The molecule has 132 valence electrons. The van der Waals surface area contributed by atoms with Crippen LogP contribution in [0.2, 0.25) is 0 Å². The lowest BCUT2D eigenvalue weighted by atomic mass is 10.1. The molecule has 6 heteroatoms. The highest BCUT2D eigenvalue weighted by Gasteiger charge is 2.10. The van der Waals surface area contributed by atoms with Crippen LogP contribution in [0.15, 0.2) is 35.7 Å². The lowest BCUT2D eigenvalue weighted by Gasteiger charge is -2.11. The van der Waals surface area contributed by atoms with Crippen LogP contribution in [0.4, 0.5) is 5.82 Å². The number of rotatable bonds is 9. The lowest BCUT2D eigenvalue weighted by molar-refractivity contribution is 0.828. The first-order valence-electron chi connectivity index (χ1n) is 8.99. The van der Waals surface area contributed by atoms with Crippen LogP contribution in [0.25, 0.3) is 22.0 Å². The van der Waals surface area contributed by atoms with Crippen molar-refractivity contribution in [3.05, 3.63) is 30.6 Å². The molecule has 0 aliphatic heterocycles. The molecular formula is C19H25N5S. The molecule has 2 heterocycles. The predicted molar refractivity (Wildman–Crippen MR) is 106 cm³/mol. The molecule has 0 aliphatic carbocycles. The minimum Gasteiger partial charge on any atom is -0.369 e. The summed E-state index contributed by atoms with van der Waals surface area (Å²) < 4.78 is 0. The van der Waals surface area contributed by atoms with Crippen molar-refractivity contribution >= 4 is 28.5 Å². The maximum Gasteiger partial charge on any atom is 0.190 e. The zero-order chi connectivity index (χ0) is 17.5. The van der Waals surface area contributed by atoms with E-state index in [-0.39, 0.29) is 0 Å². The van der Waals surface area contributed by atoms with E-state index in [4.69, 9.17) is 9.97 Å². The van der Waals surface area contributed by atoms with Crippen LogP contribution in [0.1, 0.15) is 39.5 Å². The fraction of sp³-hybridized carbons (Fsp3) is 0.421. The Balaban J connectivity index is 1.95. The Labute approximate surface area is 153 Å². The second-order valence-corrected chi connectivity index (χ2v) is 7.12. The van der Waals surface area contributed by atoms with Gasteiger partial charge in [-0.15, -0.1) is 0 Å². The molecule has 0 radical (unpaired) electrons. The Kier molecular flexibility index (Phi) is 6.28. The van der Waals surface area contributed by atoms with E-state index in [9.17, 15) is 0 Å². The second kappa shape index (κ2) is 8.85. The van der Waals surface area contributed by atoms with Crippen LogP contribution in [-0.4, -0.2) is 32.5 Å². The summed E-state index contributed by atoms with van der Waals surface area (Å²) in [6.45, 7) is 5.33. The topological polar surface area (TPSA) is 66.5 Å². The summed E-state index contributed by atoms with van der Waals surface area (Å²) in [4.78, 5) is 9.53. The Morgan fingerprint density at radius 3 is 2.72 bits per heavy atom. The fourth-order valence-corrected chi connectivity index (χ4v) is 3.52. The fourth-order valence-electron chi connectivity index (χ4n) is 2.59. The Morgan fingerprint density at radius 1 is 1.08 bits per heavy atom. The predicted octanol–water partition coefficient (Wildman–Crippen LogP) is 5.12. The summed E-state index contributed by atoms with van der Waals surface area (Å²) >= 11 is 1.74. The van der Waals surface area contributed by atoms with Crippen molar-refractivity contribution in [2.45, 2.75) is 44.7 Å². The van der Waals surface area contributed by atoms with Gasteiger partial charge in [-0.05, 0) is 30.5 Å². The summed E-state index contributed by atoms with van der Waals surface area (Å²) in [5.41, 5.74) is 3.18. The number of hydrogen-bond donors (Lipinski definition) is 2. The van der Waals surface area contributed by atoms with Crippen molar-refractivity contribution in [2.24, 2.45) is 0 Å². The molecule has 5 nitrogen and oxygen atoms in total. The number of H-pyrrole nitrogens is 1. The van der Waals surface area contributed by atoms with Crippen LogP contribution in [0.3, 0.4) is 0 Å². The zero-order valence-electron chi connectivity index (χ0n) is 14.9.